The zero-order valence-corrected chi connectivity index (χ0v) is 26.6. The van der Waals surface area contributed by atoms with E-state index in [4.69, 9.17) is 16.3 Å². The summed E-state index contributed by atoms with van der Waals surface area (Å²) in [5.74, 6) is -1.08. The van der Waals surface area contributed by atoms with Crippen molar-refractivity contribution in [1.29, 1.82) is 5.26 Å². The van der Waals surface area contributed by atoms with Gasteiger partial charge < -0.3 is 4.74 Å². The second-order valence-corrected chi connectivity index (χ2v) is 13.0. The van der Waals surface area contributed by atoms with Crippen LogP contribution in [0.15, 0.2) is 108 Å². The topological polar surface area (TPSA) is 89.2 Å². The van der Waals surface area contributed by atoms with Crippen LogP contribution in [0, 0.1) is 31.0 Å². The highest BCUT2D eigenvalue weighted by Gasteiger charge is 2.30. The molecule has 0 aliphatic carbocycles. The molecule has 0 radical (unpaired) electrons. The number of carbonyl (C=O) groups is 1. The van der Waals surface area contributed by atoms with Gasteiger partial charge in [0, 0.05) is 32.7 Å². The molecule has 228 valence electrons. The quantitative estimate of drug-likeness (QED) is 0.168. The molecule has 0 saturated heterocycles. The number of hydrogen-bond donors (Lipinski definition) is 0. The second-order valence-electron chi connectivity index (χ2n) is 10.8. The number of fused-ring (bicyclic) bond motifs is 1. The number of nitriles is 1. The largest absolute Gasteiger partial charge is 0.465 e. The standard InChI is InChI=1S/C37H26ClFN2O4S/c1-22-10-14-29(15-11-22)46(43,44)41-33-17-13-28(39)20-31(33)35(34-23(2)6-4-9-27(34)21-40)36(41)25-8-5-7-24(18-25)30-16-12-26(19-32(30)38)37(42)45-3/h4-20H,1-3H3. The van der Waals surface area contributed by atoms with Crippen molar-refractivity contribution in [2.45, 2.75) is 18.7 Å². The van der Waals surface area contributed by atoms with Crippen LogP contribution in [0.1, 0.15) is 27.0 Å². The summed E-state index contributed by atoms with van der Waals surface area (Å²) < 4.78 is 50.2. The number of halogens is 2. The van der Waals surface area contributed by atoms with Gasteiger partial charge in [-0.1, -0.05) is 65.7 Å². The lowest BCUT2D eigenvalue weighted by Gasteiger charge is -2.16. The molecule has 0 fully saturated rings. The summed E-state index contributed by atoms with van der Waals surface area (Å²) in [6.07, 6.45) is 0. The van der Waals surface area contributed by atoms with Crippen molar-refractivity contribution in [2.75, 3.05) is 7.11 Å². The highest BCUT2D eigenvalue weighted by molar-refractivity contribution is 7.90. The lowest BCUT2D eigenvalue weighted by atomic mass is 9.91. The molecule has 9 heteroatoms. The summed E-state index contributed by atoms with van der Waals surface area (Å²) >= 11 is 6.64. The van der Waals surface area contributed by atoms with Gasteiger partial charge in [0.25, 0.3) is 10.0 Å². The molecule has 0 spiro atoms. The van der Waals surface area contributed by atoms with E-state index in [0.29, 0.717) is 49.4 Å². The Kier molecular flexibility index (Phi) is 7.99. The first-order chi connectivity index (χ1) is 22.0. The van der Waals surface area contributed by atoms with Gasteiger partial charge >= 0.3 is 5.97 Å². The molecule has 0 bridgehead atoms. The van der Waals surface area contributed by atoms with Crippen LogP contribution in [-0.4, -0.2) is 25.5 Å². The number of ether oxygens (including phenoxy) is 1. The van der Waals surface area contributed by atoms with Gasteiger partial charge in [0.2, 0.25) is 0 Å². The molecule has 0 unspecified atom stereocenters. The lowest BCUT2D eigenvalue weighted by Crippen LogP contribution is -2.14. The summed E-state index contributed by atoms with van der Waals surface area (Å²) in [5, 5.41) is 10.8. The van der Waals surface area contributed by atoms with Crippen LogP contribution in [0.3, 0.4) is 0 Å². The Bertz CT molecular complexity index is 2340. The summed E-state index contributed by atoms with van der Waals surface area (Å²) in [7, 11) is -2.98. The van der Waals surface area contributed by atoms with E-state index in [1.54, 1.807) is 54.6 Å². The van der Waals surface area contributed by atoms with E-state index in [-0.39, 0.29) is 21.7 Å². The first-order valence-corrected chi connectivity index (χ1v) is 16.0. The fourth-order valence-corrected chi connectivity index (χ4v) is 7.57. The van der Waals surface area contributed by atoms with Gasteiger partial charge in [-0.15, -0.1) is 0 Å². The Labute approximate surface area is 270 Å². The van der Waals surface area contributed by atoms with Crippen molar-refractivity contribution in [3.05, 3.63) is 136 Å². The number of hydrogen-bond acceptors (Lipinski definition) is 5. The Balaban J connectivity index is 1.74. The van der Waals surface area contributed by atoms with Crippen LogP contribution in [0.4, 0.5) is 4.39 Å². The van der Waals surface area contributed by atoms with Crippen molar-refractivity contribution in [2.24, 2.45) is 0 Å². The Hall–Kier alpha value is -5.23. The second kappa shape index (κ2) is 11.9. The molecule has 1 heterocycles. The van der Waals surface area contributed by atoms with Gasteiger partial charge in [-0.05, 0) is 79.6 Å². The summed E-state index contributed by atoms with van der Waals surface area (Å²) in [6.45, 7) is 3.69. The normalized spacial score (nSPS) is 11.4. The van der Waals surface area contributed by atoms with Crippen LogP contribution >= 0.6 is 11.6 Å². The van der Waals surface area contributed by atoms with Gasteiger partial charge in [-0.25, -0.2) is 21.6 Å². The van der Waals surface area contributed by atoms with Gasteiger partial charge in [0.05, 0.1) is 40.4 Å². The van der Waals surface area contributed by atoms with E-state index in [9.17, 15) is 22.9 Å². The average Bonchev–Trinajstić information content (AvgIpc) is 3.39. The van der Waals surface area contributed by atoms with E-state index >= 15 is 0 Å². The number of aromatic nitrogens is 1. The van der Waals surface area contributed by atoms with Gasteiger partial charge in [-0.2, -0.15) is 5.26 Å². The summed E-state index contributed by atoms with van der Waals surface area (Å²) in [6, 6.07) is 29.9. The first kappa shape index (κ1) is 30.8. The first-order valence-electron chi connectivity index (χ1n) is 14.2. The predicted octanol–water partition coefficient (Wildman–Crippen LogP) is 8.95. The molecule has 0 N–H and O–H groups in total. The monoisotopic (exact) mass is 648 g/mol. The number of carbonyl (C=O) groups excluding carboxylic acids is 1. The number of nitrogens with zero attached hydrogens (tertiary/aromatic N) is 2. The molecule has 0 amide bonds. The van der Waals surface area contributed by atoms with Crippen LogP contribution in [-0.2, 0) is 14.8 Å². The molecular formula is C37H26ClFN2O4S. The minimum Gasteiger partial charge on any atom is -0.465 e. The highest BCUT2D eigenvalue weighted by atomic mass is 35.5. The SMILES string of the molecule is COC(=O)c1ccc(-c2cccc(-c3c(-c4c(C)cccc4C#N)c4cc(F)ccc4n3S(=O)(=O)c3ccc(C)cc3)c2)c(Cl)c1. The van der Waals surface area contributed by atoms with Crippen molar-refractivity contribution in [3.8, 4) is 39.6 Å². The minimum atomic E-state index is -4.26. The van der Waals surface area contributed by atoms with Crippen LogP contribution in [0.25, 0.3) is 44.4 Å². The number of aryl methyl sites for hydroxylation is 2. The molecule has 0 aliphatic rings. The summed E-state index contributed by atoms with van der Waals surface area (Å²) in [5.41, 5.74) is 5.35. The van der Waals surface area contributed by atoms with E-state index in [0.717, 1.165) is 5.56 Å². The van der Waals surface area contributed by atoms with Crippen LogP contribution < -0.4 is 0 Å². The van der Waals surface area contributed by atoms with E-state index in [1.807, 2.05) is 26.0 Å². The molecule has 6 nitrogen and oxygen atoms in total. The fourth-order valence-electron chi connectivity index (χ4n) is 5.74. The van der Waals surface area contributed by atoms with Crippen molar-refractivity contribution >= 4 is 38.5 Å². The van der Waals surface area contributed by atoms with Crippen molar-refractivity contribution in [1.82, 2.24) is 3.97 Å². The van der Waals surface area contributed by atoms with Crippen LogP contribution in [0.5, 0.6) is 0 Å². The van der Waals surface area contributed by atoms with Crippen molar-refractivity contribution < 1.29 is 22.3 Å². The zero-order chi connectivity index (χ0) is 32.7. The van der Waals surface area contributed by atoms with E-state index in [2.05, 4.69) is 6.07 Å². The molecule has 0 atom stereocenters. The van der Waals surface area contributed by atoms with Crippen molar-refractivity contribution in [3.63, 3.8) is 0 Å². The smallest absolute Gasteiger partial charge is 0.337 e. The lowest BCUT2D eigenvalue weighted by molar-refractivity contribution is 0.0600. The fraction of sp³-hybridized carbons (Fsp3) is 0.0811. The number of rotatable bonds is 6. The van der Waals surface area contributed by atoms with Crippen LogP contribution in [0.2, 0.25) is 5.02 Å². The molecule has 6 aromatic rings. The Morgan fingerprint density at radius 3 is 2.28 bits per heavy atom. The van der Waals surface area contributed by atoms with E-state index < -0.39 is 21.8 Å². The maximum absolute atomic E-state index is 15.0. The maximum atomic E-state index is 15.0. The summed E-state index contributed by atoms with van der Waals surface area (Å²) in [4.78, 5) is 12.1. The number of methoxy groups -OCH3 is 1. The average molecular weight is 649 g/mol. The molecule has 5 aromatic carbocycles. The molecule has 1 aromatic heterocycles. The Morgan fingerprint density at radius 1 is 0.870 bits per heavy atom. The molecule has 46 heavy (non-hydrogen) atoms. The number of esters is 1. The third-order valence-corrected chi connectivity index (χ3v) is 9.97. The highest BCUT2D eigenvalue weighted by Crippen LogP contribution is 2.46. The molecular weight excluding hydrogens is 623 g/mol. The maximum Gasteiger partial charge on any atom is 0.337 e. The van der Waals surface area contributed by atoms with Gasteiger partial charge in [0.15, 0.2) is 0 Å². The number of benzene rings is 5. The minimum absolute atomic E-state index is 0.0509. The third-order valence-electron chi connectivity index (χ3n) is 7.93. The van der Waals surface area contributed by atoms with Gasteiger partial charge in [-0.3, -0.25) is 0 Å². The molecule has 0 saturated carbocycles. The predicted molar refractivity (Wildman–Crippen MR) is 178 cm³/mol. The molecule has 6 rings (SSSR count). The molecule has 0 aliphatic heterocycles. The van der Waals surface area contributed by atoms with Gasteiger partial charge in [0.1, 0.15) is 5.82 Å². The zero-order valence-electron chi connectivity index (χ0n) is 25.0. The van der Waals surface area contributed by atoms with E-state index in [1.165, 1.54) is 47.5 Å². The Morgan fingerprint density at radius 2 is 1.59 bits per heavy atom. The third kappa shape index (κ3) is 5.24.